The van der Waals surface area contributed by atoms with E-state index in [1.54, 1.807) is 7.11 Å². The molecule has 4 heteroatoms. The summed E-state index contributed by atoms with van der Waals surface area (Å²) in [5.41, 5.74) is 2.26. The number of aliphatic hydroxyl groups excluding tert-OH is 2. The lowest BCUT2D eigenvalue weighted by Crippen LogP contribution is -2.30. The van der Waals surface area contributed by atoms with Gasteiger partial charge in [-0.3, -0.25) is 4.90 Å². The summed E-state index contributed by atoms with van der Waals surface area (Å²) < 4.78 is 5.20. The lowest BCUT2D eigenvalue weighted by molar-refractivity contribution is 0.0648. The topological polar surface area (TPSA) is 52.9 Å². The highest BCUT2D eigenvalue weighted by molar-refractivity contribution is 5.36. The van der Waals surface area contributed by atoms with Crippen molar-refractivity contribution >= 4 is 0 Å². The second-order valence-electron chi connectivity index (χ2n) is 4.34. The van der Waals surface area contributed by atoms with Gasteiger partial charge in [-0.15, -0.1) is 0 Å². The number of rotatable bonds is 6. The fourth-order valence-corrected chi connectivity index (χ4v) is 1.83. The quantitative estimate of drug-likeness (QED) is 0.770. The monoisotopic (exact) mass is 239 g/mol. The van der Waals surface area contributed by atoms with Crippen LogP contribution in [0.4, 0.5) is 0 Å². The van der Waals surface area contributed by atoms with Gasteiger partial charge in [0.15, 0.2) is 0 Å². The van der Waals surface area contributed by atoms with Gasteiger partial charge in [0.2, 0.25) is 0 Å². The minimum Gasteiger partial charge on any atom is -0.496 e. The average Bonchev–Trinajstić information content (AvgIpc) is 2.29. The summed E-state index contributed by atoms with van der Waals surface area (Å²) in [5.74, 6) is 0.881. The first-order valence-electron chi connectivity index (χ1n) is 5.67. The van der Waals surface area contributed by atoms with E-state index in [-0.39, 0.29) is 6.61 Å². The van der Waals surface area contributed by atoms with Gasteiger partial charge < -0.3 is 14.9 Å². The van der Waals surface area contributed by atoms with Crippen LogP contribution in [0.1, 0.15) is 11.1 Å². The smallest absolute Gasteiger partial charge is 0.121 e. The van der Waals surface area contributed by atoms with Crippen molar-refractivity contribution in [1.29, 1.82) is 0 Å². The molecule has 0 heterocycles. The highest BCUT2D eigenvalue weighted by Crippen LogP contribution is 2.19. The fourth-order valence-electron chi connectivity index (χ4n) is 1.83. The maximum absolute atomic E-state index is 9.33. The van der Waals surface area contributed by atoms with Crippen molar-refractivity contribution in [2.24, 2.45) is 0 Å². The predicted molar refractivity (Wildman–Crippen MR) is 67.2 cm³/mol. The van der Waals surface area contributed by atoms with E-state index in [0.29, 0.717) is 6.54 Å². The molecule has 0 aliphatic heterocycles. The van der Waals surface area contributed by atoms with Crippen LogP contribution in [0.25, 0.3) is 0 Å². The van der Waals surface area contributed by atoms with E-state index in [1.165, 1.54) is 0 Å². The number of benzene rings is 1. The molecular formula is C13H21NO3. The molecule has 1 unspecified atom stereocenters. The van der Waals surface area contributed by atoms with Gasteiger partial charge in [0, 0.05) is 13.1 Å². The molecule has 1 aromatic carbocycles. The molecule has 0 radical (unpaired) electrons. The number of hydrogen-bond donors (Lipinski definition) is 2. The van der Waals surface area contributed by atoms with E-state index in [9.17, 15) is 5.11 Å². The summed E-state index contributed by atoms with van der Waals surface area (Å²) in [7, 11) is 3.57. The van der Waals surface area contributed by atoms with Crippen LogP contribution in [0.5, 0.6) is 5.75 Å². The molecule has 0 amide bonds. The number of aliphatic hydroxyl groups is 2. The van der Waals surface area contributed by atoms with E-state index < -0.39 is 6.10 Å². The van der Waals surface area contributed by atoms with Crippen LogP contribution < -0.4 is 4.74 Å². The Morgan fingerprint density at radius 3 is 2.65 bits per heavy atom. The van der Waals surface area contributed by atoms with Crippen LogP contribution in [0.15, 0.2) is 18.2 Å². The Bertz CT molecular complexity index is 355. The number of methoxy groups -OCH3 is 1. The Labute approximate surface area is 102 Å². The maximum Gasteiger partial charge on any atom is 0.121 e. The Hall–Kier alpha value is -1.10. The van der Waals surface area contributed by atoms with Crippen LogP contribution in [0.2, 0.25) is 0 Å². The lowest BCUT2D eigenvalue weighted by Gasteiger charge is -2.19. The number of aryl methyl sites for hydroxylation is 1. The summed E-state index contributed by atoms with van der Waals surface area (Å²) in [4.78, 5) is 1.97. The van der Waals surface area contributed by atoms with Gasteiger partial charge in [-0.1, -0.05) is 12.1 Å². The largest absolute Gasteiger partial charge is 0.496 e. The summed E-state index contributed by atoms with van der Waals surface area (Å²) in [6, 6.07) is 6.02. The lowest BCUT2D eigenvalue weighted by atomic mass is 10.1. The predicted octanol–water partition coefficient (Wildman–Crippen LogP) is 0.789. The molecular weight excluding hydrogens is 218 g/mol. The normalized spacial score (nSPS) is 12.8. The molecule has 0 aromatic heterocycles. The van der Waals surface area contributed by atoms with Crippen molar-refractivity contribution in [3.05, 3.63) is 29.3 Å². The van der Waals surface area contributed by atoms with Crippen LogP contribution in [0.3, 0.4) is 0 Å². The van der Waals surface area contributed by atoms with Crippen LogP contribution in [-0.4, -0.2) is 48.5 Å². The molecule has 0 saturated carbocycles. The Balaban J connectivity index is 2.59. The fraction of sp³-hybridized carbons (Fsp3) is 0.538. The van der Waals surface area contributed by atoms with E-state index >= 15 is 0 Å². The van der Waals surface area contributed by atoms with Crippen LogP contribution in [-0.2, 0) is 6.54 Å². The molecule has 1 rings (SSSR count). The molecule has 4 nitrogen and oxygen atoms in total. The molecule has 0 aliphatic carbocycles. The van der Waals surface area contributed by atoms with E-state index in [4.69, 9.17) is 9.84 Å². The van der Waals surface area contributed by atoms with E-state index in [1.807, 2.05) is 31.0 Å². The number of ether oxygens (including phenoxy) is 1. The molecule has 1 atom stereocenters. The van der Waals surface area contributed by atoms with Gasteiger partial charge in [0.1, 0.15) is 5.75 Å². The molecule has 0 saturated heterocycles. The molecule has 0 bridgehead atoms. The highest BCUT2D eigenvalue weighted by atomic mass is 16.5. The van der Waals surface area contributed by atoms with Gasteiger partial charge in [0.25, 0.3) is 0 Å². The SMILES string of the molecule is COc1ccc(CN(C)CC(O)CO)cc1C. The van der Waals surface area contributed by atoms with Crippen molar-refractivity contribution in [3.8, 4) is 5.75 Å². The van der Waals surface area contributed by atoms with Gasteiger partial charge in [-0.25, -0.2) is 0 Å². The summed E-state index contributed by atoms with van der Waals surface area (Å²) in [6.07, 6.45) is -0.681. The zero-order chi connectivity index (χ0) is 12.8. The van der Waals surface area contributed by atoms with Gasteiger partial charge in [-0.2, -0.15) is 0 Å². The van der Waals surface area contributed by atoms with E-state index in [0.717, 1.165) is 23.4 Å². The Morgan fingerprint density at radius 1 is 1.41 bits per heavy atom. The number of likely N-dealkylation sites (N-methyl/N-ethyl adjacent to an activating group) is 1. The van der Waals surface area contributed by atoms with Crippen molar-refractivity contribution in [2.75, 3.05) is 27.3 Å². The third-order valence-corrected chi connectivity index (χ3v) is 2.64. The Morgan fingerprint density at radius 2 is 2.12 bits per heavy atom. The third-order valence-electron chi connectivity index (χ3n) is 2.64. The first-order valence-corrected chi connectivity index (χ1v) is 5.67. The van der Waals surface area contributed by atoms with Gasteiger partial charge in [-0.05, 0) is 31.2 Å². The first kappa shape index (κ1) is 14.0. The number of nitrogens with zero attached hydrogens (tertiary/aromatic N) is 1. The summed E-state index contributed by atoms with van der Waals surface area (Å²) >= 11 is 0. The first-order chi connectivity index (χ1) is 8.06. The second kappa shape index (κ2) is 6.59. The molecule has 0 spiro atoms. The molecule has 2 N–H and O–H groups in total. The average molecular weight is 239 g/mol. The molecule has 96 valence electrons. The van der Waals surface area contributed by atoms with Gasteiger partial charge >= 0.3 is 0 Å². The zero-order valence-electron chi connectivity index (χ0n) is 10.7. The highest BCUT2D eigenvalue weighted by Gasteiger charge is 2.08. The number of hydrogen-bond acceptors (Lipinski definition) is 4. The minimum atomic E-state index is -0.681. The third kappa shape index (κ3) is 4.34. The molecule has 0 aliphatic rings. The maximum atomic E-state index is 9.33. The van der Waals surface area contributed by atoms with Crippen molar-refractivity contribution in [3.63, 3.8) is 0 Å². The van der Waals surface area contributed by atoms with Crippen LogP contribution in [0, 0.1) is 6.92 Å². The van der Waals surface area contributed by atoms with E-state index in [2.05, 4.69) is 6.07 Å². The molecule has 1 aromatic rings. The molecule has 0 fully saturated rings. The summed E-state index contributed by atoms with van der Waals surface area (Å²) in [5, 5.41) is 18.1. The zero-order valence-corrected chi connectivity index (χ0v) is 10.7. The standard InChI is InChI=1S/C13H21NO3/c1-10-6-11(4-5-13(10)17-3)7-14(2)8-12(16)9-15/h4-6,12,15-16H,7-9H2,1-3H3. The minimum absolute atomic E-state index is 0.202. The Kier molecular flexibility index (Phi) is 5.41. The van der Waals surface area contributed by atoms with Gasteiger partial charge in [0.05, 0.1) is 19.8 Å². The second-order valence-corrected chi connectivity index (χ2v) is 4.34. The summed E-state index contributed by atoms with van der Waals surface area (Å²) in [6.45, 7) is 3.00. The van der Waals surface area contributed by atoms with Crippen molar-refractivity contribution in [2.45, 2.75) is 19.6 Å². The van der Waals surface area contributed by atoms with Crippen molar-refractivity contribution < 1.29 is 14.9 Å². The molecule has 17 heavy (non-hydrogen) atoms. The van der Waals surface area contributed by atoms with Crippen molar-refractivity contribution in [1.82, 2.24) is 4.90 Å². The van der Waals surface area contributed by atoms with Crippen LogP contribution >= 0.6 is 0 Å².